The summed E-state index contributed by atoms with van der Waals surface area (Å²) in [6.07, 6.45) is 3.16. The van der Waals surface area contributed by atoms with E-state index >= 15 is 0 Å². The van der Waals surface area contributed by atoms with Gasteiger partial charge in [0.25, 0.3) is 11.8 Å². The van der Waals surface area contributed by atoms with Crippen molar-refractivity contribution in [1.82, 2.24) is 10.5 Å². The van der Waals surface area contributed by atoms with E-state index in [4.69, 9.17) is 18.7 Å². The van der Waals surface area contributed by atoms with Crippen LogP contribution in [0.1, 0.15) is 64.9 Å². The summed E-state index contributed by atoms with van der Waals surface area (Å²) in [6.45, 7) is 9.47. The molecule has 2 aromatic carbocycles. The van der Waals surface area contributed by atoms with Gasteiger partial charge in [-0.2, -0.15) is 0 Å². The van der Waals surface area contributed by atoms with Crippen molar-refractivity contribution >= 4 is 28.9 Å². The van der Waals surface area contributed by atoms with Gasteiger partial charge in [0.05, 0.1) is 18.0 Å². The summed E-state index contributed by atoms with van der Waals surface area (Å²) in [5, 5.41) is 2.98. The third kappa shape index (κ3) is 6.43. The number of hydroxylamine groups is 1. The smallest absolute Gasteiger partial charge is 0.277 e. The Morgan fingerprint density at radius 2 is 1.76 bits per heavy atom. The van der Waals surface area contributed by atoms with E-state index in [-0.39, 0.29) is 24.3 Å². The quantitative estimate of drug-likeness (QED) is 0.361. The molecule has 11 nitrogen and oxygen atoms in total. The van der Waals surface area contributed by atoms with Gasteiger partial charge in [-0.05, 0) is 63.4 Å². The molecule has 0 radical (unpaired) electrons. The fourth-order valence-corrected chi connectivity index (χ4v) is 5.36. The first-order valence-corrected chi connectivity index (χ1v) is 14.5. The van der Waals surface area contributed by atoms with Crippen LogP contribution < -0.4 is 20.6 Å². The molecule has 3 aliphatic rings. The molecular weight excluding hydrogens is 538 g/mol. The van der Waals surface area contributed by atoms with Crippen LogP contribution in [-0.4, -0.2) is 68.1 Å². The maximum Gasteiger partial charge on any atom is 0.277 e. The molecule has 1 saturated carbocycles. The summed E-state index contributed by atoms with van der Waals surface area (Å²) in [6, 6.07) is 13.6. The van der Waals surface area contributed by atoms with E-state index in [2.05, 4.69) is 50.7 Å². The van der Waals surface area contributed by atoms with Crippen LogP contribution in [0.4, 0.5) is 17.1 Å². The fraction of sp³-hybridized carbons (Fsp3) is 0.452. The molecule has 11 heteroatoms. The fourth-order valence-electron chi connectivity index (χ4n) is 5.36. The van der Waals surface area contributed by atoms with Crippen molar-refractivity contribution in [1.29, 1.82) is 0 Å². The number of benzene rings is 2. The predicted octanol–water partition coefficient (Wildman–Crippen LogP) is 4.25. The van der Waals surface area contributed by atoms with E-state index in [1.807, 2.05) is 26.0 Å². The van der Waals surface area contributed by atoms with Crippen molar-refractivity contribution in [3.63, 3.8) is 0 Å². The second-order valence-corrected chi connectivity index (χ2v) is 11.5. The normalized spacial score (nSPS) is 20.0. The lowest BCUT2D eigenvalue weighted by molar-refractivity contribution is -0.147. The number of anilines is 3. The third-order valence-electron chi connectivity index (χ3n) is 7.77. The Morgan fingerprint density at radius 3 is 2.45 bits per heavy atom. The molecule has 0 bridgehead atoms. The number of oxazole rings is 1. The van der Waals surface area contributed by atoms with E-state index in [0.29, 0.717) is 29.7 Å². The van der Waals surface area contributed by atoms with E-state index < -0.39 is 11.7 Å². The summed E-state index contributed by atoms with van der Waals surface area (Å²) in [4.78, 5) is 40.6. The van der Waals surface area contributed by atoms with Crippen LogP contribution in [0.2, 0.25) is 0 Å². The molecule has 1 unspecified atom stereocenters. The van der Waals surface area contributed by atoms with Crippen LogP contribution in [0.25, 0.3) is 0 Å². The number of rotatable bonds is 9. The second kappa shape index (κ2) is 11.7. The number of nitrogens with zero attached hydrogens (tertiary/aromatic N) is 3. The molecule has 1 aliphatic carbocycles. The van der Waals surface area contributed by atoms with Gasteiger partial charge in [-0.1, -0.05) is 18.2 Å². The van der Waals surface area contributed by atoms with Gasteiger partial charge in [-0.25, -0.2) is 10.5 Å². The van der Waals surface area contributed by atoms with Gasteiger partial charge < -0.3 is 29.0 Å². The number of para-hydroxylation sites is 1. The first-order chi connectivity index (χ1) is 20.3. The minimum absolute atomic E-state index is 0.150. The molecule has 3 fully saturated rings. The molecule has 1 atom stereocenters. The number of aromatic nitrogens is 1. The Hall–Kier alpha value is -3.93. The van der Waals surface area contributed by atoms with Crippen LogP contribution in [0.15, 0.2) is 53.1 Å². The number of nitrogens with one attached hydrogen (secondary N) is 2. The number of piperazine rings is 1. The van der Waals surface area contributed by atoms with Crippen molar-refractivity contribution < 1.29 is 28.3 Å². The number of ether oxygens (including phenoxy) is 2. The SMILES string of the molecule is Cc1ccccc1N1CCN(c2ccc(C(=O)NOCC3COC(C)(C)O3)cc2NC(=O)c2coc(C3CC3)n2)CC1. The summed E-state index contributed by atoms with van der Waals surface area (Å²) in [7, 11) is 0. The van der Waals surface area contributed by atoms with Crippen molar-refractivity contribution in [2.75, 3.05) is 54.5 Å². The molecule has 1 aromatic heterocycles. The molecule has 2 amide bonds. The molecule has 6 rings (SSSR count). The topological polar surface area (TPSA) is 118 Å². The Kier molecular flexibility index (Phi) is 7.89. The van der Waals surface area contributed by atoms with Gasteiger partial charge in [-0.15, -0.1) is 0 Å². The molecule has 222 valence electrons. The largest absolute Gasteiger partial charge is 0.448 e. The average molecular weight is 576 g/mol. The predicted molar refractivity (Wildman–Crippen MR) is 157 cm³/mol. The lowest BCUT2D eigenvalue weighted by Gasteiger charge is -2.38. The minimum atomic E-state index is -0.671. The van der Waals surface area contributed by atoms with Crippen molar-refractivity contribution in [2.24, 2.45) is 0 Å². The second-order valence-electron chi connectivity index (χ2n) is 11.5. The average Bonchev–Trinajstić information content (AvgIpc) is 3.60. The van der Waals surface area contributed by atoms with Crippen LogP contribution in [0.5, 0.6) is 0 Å². The lowest BCUT2D eigenvalue weighted by atomic mass is 10.1. The zero-order valence-corrected chi connectivity index (χ0v) is 24.2. The molecular formula is C31H37N5O6. The van der Waals surface area contributed by atoms with Gasteiger partial charge in [0.1, 0.15) is 19.0 Å². The molecule has 3 heterocycles. The minimum Gasteiger partial charge on any atom is -0.448 e. The Labute approximate surface area is 245 Å². The summed E-state index contributed by atoms with van der Waals surface area (Å²) >= 11 is 0. The zero-order chi connectivity index (χ0) is 29.3. The highest BCUT2D eigenvalue weighted by Crippen LogP contribution is 2.39. The van der Waals surface area contributed by atoms with Gasteiger partial charge in [-0.3, -0.25) is 14.4 Å². The van der Waals surface area contributed by atoms with Gasteiger partial charge in [0.15, 0.2) is 17.4 Å². The maximum atomic E-state index is 13.2. The molecule has 42 heavy (non-hydrogen) atoms. The Bertz CT molecular complexity index is 1440. The summed E-state index contributed by atoms with van der Waals surface area (Å²) in [5.74, 6) is -0.600. The number of aryl methyl sites for hydroxylation is 1. The van der Waals surface area contributed by atoms with Crippen LogP contribution in [0.3, 0.4) is 0 Å². The van der Waals surface area contributed by atoms with Crippen molar-refractivity contribution in [3.05, 3.63) is 71.4 Å². The van der Waals surface area contributed by atoms with E-state index in [0.717, 1.165) is 44.7 Å². The zero-order valence-electron chi connectivity index (χ0n) is 24.2. The molecule has 0 spiro atoms. The highest BCUT2D eigenvalue weighted by atomic mass is 16.8. The molecule has 2 saturated heterocycles. The van der Waals surface area contributed by atoms with Crippen LogP contribution in [0, 0.1) is 6.92 Å². The van der Waals surface area contributed by atoms with Gasteiger partial charge in [0, 0.05) is 43.3 Å². The van der Waals surface area contributed by atoms with Crippen LogP contribution in [-0.2, 0) is 14.3 Å². The summed E-state index contributed by atoms with van der Waals surface area (Å²) < 4.78 is 16.8. The van der Waals surface area contributed by atoms with E-state index in [9.17, 15) is 9.59 Å². The molecule has 2 aliphatic heterocycles. The lowest BCUT2D eigenvalue weighted by Crippen LogP contribution is -2.47. The Morgan fingerprint density at radius 1 is 1.02 bits per heavy atom. The summed E-state index contributed by atoms with van der Waals surface area (Å²) in [5.41, 5.74) is 6.86. The number of hydrogen-bond acceptors (Lipinski definition) is 9. The third-order valence-corrected chi connectivity index (χ3v) is 7.77. The Balaban J connectivity index is 1.16. The van der Waals surface area contributed by atoms with E-state index in [1.54, 1.807) is 12.1 Å². The van der Waals surface area contributed by atoms with Crippen molar-refractivity contribution in [3.8, 4) is 0 Å². The highest BCUT2D eigenvalue weighted by molar-refractivity contribution is 6.06. The van der Waals surface area contributed by atoms with Gasteiger partial charge >= 0.3 is 0 Å². The molecule has 2 N–H and O–H groups in total. The monoisotopic (exact) mass is 575 g/mol. The molecule has 3 aromatic rings. The number of hydrogen-bond donors (Lipinski definition) is 2. The highest BCUT2D eigenvalue weighted by Gasteiger charge is 2.33. The standard InChI is InChI=1S/C31H37N5O6/c1-20-6-4-5-7-26(20)35-12-14-36(15-13-35)27-11-10-22(28(37)34-41-18-23-17-40-31(2,3)42-23)16-24(27)32-29(38)25-19-39-30(33-25)21-8-9-21/h4-7,10-11,16,19,21,23H,8-9,12-15,17-18H2,1-3H3,(H,32,38)(H,34,37). The number of amides is 2. The van der Waals surface area contributed by atoms with Crippen molar-refractivity contribution in [2.45, 2.75) is 51.4 Å². The maximum absolute atomic E-state index is 13.2. The van der Waals surface area contributed by atoms with Gasteiger partial charge in [0.2, 0.25) is 0 Å². The number of carbonyl (C=O) groups excluding carboxylic acids is 2. The van der Waals surface area contributed by atoms with Crippen LogP contribution >= 0.6 is 0 Å². The first-order valence-electron chi connectivity index (χ1n) is 14.5. The first kappa shape index (κ1) is 28.2. The number of carbonyl (C=O) groups is 2. The van der Waals surface area contributed by atoms with E-state index in [1.165, 1.54) is 17.5 Å².